The van der Waals surface area contributed by atoms with Crippen molar-refractivity contribution in [2.45, 2.75) is 25.4 Å². The molecular weight excluding hydrogens is 371 g/mol. The van der Waals surface area contributed by atoms with Crippen molar-refractivity contribution < 1.29 is 18.3 Å². The van der Waals surface area contributed by atoms with Crippen LogP contribution in [0.2, 0.25) is 0 Å². The van der Waals surface area contributed by atoms with Crippen LogP contribution in [-0.2, 0) is 12.6 Å². The third-order valence-corrected chi connectivity index (χ3v) is 5.88. The molecule has 3 rings (SSSR count). The molecule has 1 aromatic heterocycles. The molecule has 2 aromatic carbocycles. The van der Waals surface area contributed by atoms with E-state index in [-0.39, 0.29) is 11.7 Å². The minimum Gasteiger partial charge on any atom is -0.506 e. The molecule has 142 valence electrons. The molecule has 1 heterocycles. The van der Waals surface area contributed by atoms with Crippen LogP contribution in [0.4, 0.5) is 18.2 Å². The summed E-state index contributed by atoms with van der Waals surface area (Å²) in [5, 5.41) is 14.5. The second-order valence-corrected chi connectivity index (χ2v) is 7.49. The van der Waals surface area contributed by atoms with Gasteiger partial charge in [0.15, 0.2) is 0 Å². The van der Waals surface area contributed by atoms with Crippen molar-refractivity contribution >= 4 is 16.3 Å². The van der Waals surface area contributed by atoms with Gasteiger partial charge in [0, 0.05) is 7.05 Å². The van der Waals surface area contributed by atoms with Crippen molar-refractivity contribution in [3.8, 4) is 16.9 Å². The number of rotatable bonds is 5. The molecule has 27 heavy (non-hydrogen) atoms. The van der Waals surface area contributed by atoms with Crippen LogP contribution in [0.3, 0.4) is 0 Å². The quantitative estimate of drug-likeness (QED) is 0.518. The Balaban J connectivity index is 2.00. The van der Waals surface area contributed by atoms with Gasteiger partial charge in [-0.15, -0.1) is 11.3 Å². The fraction of sp³-hybridized carbons (Fsp3) is 0.238. The summed E-state index contributed by atoms with van der Waals surface area (Å²) in [6, 6.07) is 15.0. The topological polar surface area (TPSA) is 32.3 Å². The van der Waals surface area contributed by atoms with Gasteiger partial charge in [0.25, 0.3) is 0 Å². The highest BCUT2D eigenvalue weighted by Crippen LogP contribution is 2.49. The highest BCUT2D eigenvalue weighted by atomic mass is 32.1. The Labute approximate surface area is 160 Å². The summed E-state index contributed by atoms with van der Waals surface area (Å²) in [5.41, 5.74) is 1.18. The summed E-state index contributed by atoms with van der Waals surface area (Å²) in [6.07, 6.45) is -3.69. The predicted octanol–water partition coefficient (Wildman–Crippen LogP) is 6.53. The molecule has 2 N–H and O–H groups in total. The van der Waals surface area contributed by atoms with E-state index in [1.165, 1.54) is 17.4 Å². The Morgan fingerprint density at radius 1 is 1.07 bits per heavy atom. The molecule has 6 heteroatoms. The number of aromatic hydroxyl groups is 1. The van der Waals surface area contributed by atoms with Crippen LogP contribution in [0, 0.1) is 0 Å². The first-order valence-electron chi connectivity index (χ1n) is 8.56. The maximum Gasteiger partial charge on any atom is 0.416 e. The van der Waals surface area contributed by atoms with E-state index < -0.39 is 11.7 Å². The van der Waals surface area contributed by atoms with Gasteiger partial charge in [-0.2, -0.15) is 13.2 Å². The molecule has 0 saturated carbocycles. The van der Waals surface area contributed by atoms with Gasteiger partial charge in [-0.25, -0.2) is 0 Å². The lowest BCUT2D eigenvalue weighted by Gasteiger charge is -2.11. The van der Waals surface area contributed by atoms with Crippen LogP contribution in [0.5, 0.6) is 5.75 Å². The number of hydrogen-bond donors (Lipinski definition) is 2. The number of nitrogens with one attached hydrogen (secondary N) is 1. The highest BCUT2D eigenvalue weighted by Gasteiger charge is 2.31. The molecule has 0 saturated heterocycles. The largest absolute Gasteiger partial charge is 0.506 e. The molecule has 1 unspecified atom stereocenters. The monoisotopic (exact) mass is 391 g/mol. The molecule has 0 fully saturated rings. The summed E-state index contributed by atoms with van der Waals surface area (Å²) < 4.78 is 39.2. The van der Waals surface area contributed by atoms with Crippen molar-refractivity contribution in [3.05, 3.63) is 70.6 Å². The smallest absolute Gasteiger partial charge is 0.416 e. The second-order valence-electron chi connectivity index (χ2n) is 6.44. The Morgan fingerprint density at radius 2 is 1.78 bits per heavy atom. The van der Waals surface area contributed by atoms with E-state index in [0.29, 0.717) is 16.1 Å². The van der Waals surface area contributed by atoms with E-state index in [1.54, 1.807) is 13.1 Å². The molecule has 0 bridgehead atoms. The Bertz CT molecular complexity index is 919. The van der Waals surface area contributed by atoms with E-state index in [9.17, 15) is 18.3 Å². The van der Waals surface area contributed by atoms with Crippen molar-refractivity contribution in [1.82, 2.24) is 0 Å². The van der Waals surface area contributed by atoms with Crippen molar-refractivity contribution in [2.24, 2.45) is 0 Å². The number of alkyl halides is 3. The minimum atomic E-state index is -4.43. The lowest BCUT2D eigenvalue weighted by Crippen LogP contribution is -2.04. The molecule has 0 aliphatic rings. The van der Waals surface area contributed by atoms with E-state index in [1.807, 2.05) is 37.3 Å². The molecule has 1 atom stereocenters. The summed E-state index contributed by atoms with van der Waals surface area (Å²) in [6.45, 7) is 2.01. The van der Waals surface area contributed by atoms with Crippen LogP contribution in [0.1, 0.15) is 28.8 Å². The SMILES string of the molecule is CNc1sc(C(C)Cc2ccccc2)c(O)c1-c1cccc(C(F)(F)F)c1. The fourth-order valence-corrected chi connectivity index (χ4v) is 4.25. The number of anilines is 1. The lowest BCUT2D eigenvalue weighted by molar-refractivity contribution is -0.137. The predicted molar refractivity (Wildman–Crippen MR) is 105 cm³/mol. The zero-order valence-electron chi connectivity index (χ0n) is 15.0. The second kappa shape index (κ2) is 7.64. The summed E-state index contributed by atoms with van der Waals surface area (Å²) in [5.74, 6) is 0.0798. The number of thiophene rings is 1. The Morgan fingerprint density at radius 3 is 2.41 bits per heavy atom. The normalized spacial score (nSPS) is 12.8. The van der Waals surface area contributed by atoms with E-state index in [0.717, 1.165) is 29.0 Å². The summed E-state index contributed by atoms with van der Waals surface area (Å²) >= 11 is 1.38. The molecule has 0 spiro atoms. The fourth-order valence-electron chi connectivity index (χ4n) is 3.13. The van der Waals surface area contributed by atoms with Crippen molar-refractivity contribution in [2.75, 3.05) is 12.4 Å². The highest BCUT2D eigenvalue weighted by molar-refractivity contribution is 7.17. The van der Waals surface area contributed by atoms with Crippen molar-refractivity contribution in [3.63, 3.8) is 0 Å². The van der Waals surface area contributed by atoms with E-state index >= 15 is 0 Å². The lowest BCUT2D eigenvalue weighted by atomic mass is 9.97. The van der Waals surface area contributed by atoms with Gasteiger partial charge in [-0.3, -0.25) is 0 Å². The zero-order valence-corrected chi connectivity index (χ0v) is 15.8. The average Bonchev–Trinajstić information content (AvgIpc) is 2.98. The average molecular weight is 391 g/mol. The standard InChI is InChI=1S/C21H20F3NOS/c1-13(11-14-7-4-3-5-8-14)19-18(26)17(20(25-2)27-19)15-9-6-10-16(12-15)21(22,23)24/h3-10,12-13,25-26H,11H2,1-2H3. The number of benzene rings is 2. The first kappa shape index (κ1) is 19.3. The molecule has 2 nitrogen and oxygen atoms in total. The van der Waals surface area contributed by atoms with Gasteiger partial charge >= 0.3 is 6.18 Å². The van der Waals surface area contributed by atoms with E-state index in [2.05, 4.69) is 5.32 Å². The number of hydrogen-bond acceptors (Lipinski definition) is 3. The van der Waals surface area contributed by atoms with E-state index in [4.69, 9.17) is 0 Å². The van der Waals surface area contributed by atoms with Gasteiger partial charge < -0.3 is 10.4 Å². The third-order valence-electron chi connectivity index (χ3n) is 4.45. The van der Waals surface area contributed by atoms with Gasteiger partial charge in [0.05, 0.1) is 16.0 Å². The zero-order chi connectivity index (χ0) is 19.6. The van der Waals surface area contributed by atoms with Crippen LogP contribution in [-0.4, -0.2) is 12.2 Å². The van der Waals surface area contributed by atoms with Crippen LogP contribution in [0.15, 0.2) is 54.6 Å². The molecule has 0 aliphatic carbocycles. The Kier molecular flexibility index (Phi) is 5.46. The van der Waals surface area contributed by atoms with Gasteiger partial charge in [0.2, 0.25) is 0 Å². The van der Waals surface area contributed by atoms with Crippen LogP contribution >= 0.6 is 11.3 Å². The summed E-state index contributed by atoms with van der Waals surface area (Å²) in [7, 11) is 1.70. The molecule has 0 amide bonds. The van der Waals surface area contributed by atoms with Gasteiger partial charge in [-0.1, -0.05) is 49.4 Å². The first-order valence-corrected chi connectivity index (χ1v) is 9.38. The molecular formula is C21H20F3NOS. The molecule has 0 aliphatic heterocycles. The number of halogens is 3. The maximum absolute atomic E-state index is 13.1. The molecule has 3 aromatic rings. The Hall–Kier alpha value is -2.47. The van der Waals surface area contributed by atoms with Gasteiger partial charge in [0.1, 0.15) is 10.8 Å². The van der Waals surface area contributed by atoms with Gasteiger partial charge in [-0.05, 0) is 35.6 Å². The van der Waals surface area contributed by atoms with Crippen LogP contribution in [0.25, 0.3) is 11.1 Å². The summed E-state index contributed by atoms with van der Waals surface area (Å²) in [4.78, 5) is 0.760. The molecule has 0 radical (unpaired) electrons. The minimum absolute atomic E-state index is 0.0315. The maximum atomic E-state index is 13.1. The third kappa shape index (κ3) is 4.11. The van der Waals surface area contributed by atoms with Crippen molar-refractivity contribution in [1.29, 1.82) is 0 Å². The van der Waals surface area contributed by atoms with Crippen LogP contribution < -0.4 is 5.32 Å². The first-order chi connectivity index (χ1) is 12.8.